The molecule has 0 aliphatic carbocycles. The maximum Gasteiger partial charge on any atom is 0.0625 e. The number of H-pyrrole nitrogens is 1. The van der Waals surface area contributed by atoms with E-state index in [0.717, 1.165) is 18.7 Å². The van der Waals surface area contributed by atoms with E-state index in [1.54, 1.807) is 0 Å². The van der Waals surface area contributed by atoms with Crippen molar-refractivity contribution in [2.24, 2.45) is 0 Å². The van der Waals surface area contributed by atoms with Gasteiger partial charge in [-0.05, 0) is 25.8 Å². The predicted octanol–water partition coefficient (Wildman–Crippen LogP) is 1.57. The third-order valence-electron chi connectivity index (χ3n) is 1.87. The average Bonchev–Trinajstić information content (AvgIpc) is 2.29. The van der Waals surface area contributed by atoms with E-state index in [9.17, 15) is 0 Å². The summed E-state index contributed by atoms with van der Waals surface area (Å²) >= 11 is 0. The Morgan fingerprint density at radius 1 is 1.45 bits per heavy atom. The van der Waals surface area contributed by atoms with Crippen molar-refractivity contribution >= 4 is 0 Å². The Morgan fingerprint density at radius 3 is 2.64 bits per heavy atom. The van der Waals surface area contributed by atoms with Crippen LogP contribution >= 0.6 is 0 Å². The first kappa shape index (κ1) is 8.27. The zero-order chi connectivity index (χ0) is 8.27. The van der Waals surface area contributed by atoms with Gasteiger partial charge >= 0.3 is 0 Å². The van der Waals surface area contributed by atoms with Gasteiger partial charge in [-0.15, -0.1) is 6.54 Å². The van der Waals surface area contributed by atoms with Crippen LogP contribution in [-0.4, -0.2) is 23.8 Å². The van der Waals surface area contributed by atoms with Crippen LogP contribution in [0.3, 0.4) is 0 Å². The number of aromatic nitrogens is 2. The number of hydrogen-bond donors (Lipinski definition) is 1. The zero-order valence-electron chi connectivity index (χ0n) is 7.31. The number of nitrogens with one attached hydrogen (secondary N) is 1. The SMILES string of the molecule is C[N-]CCc1c(C)n[nH]c1C. The Balaban J connectivity index is 2.67. The fraction of sp³-hybridized carbons (Fsp3) is 0.625. The van der Waals surface area contributed by atoms with Crippen LogP contribution in [0.2, 0.25) is 0 Å². The Labute approximate surface area is 67.2 Å². The lowest BCUT2D eigenvalue weighted by atomic mass is 10.1. The molecule has 0 aliphatic rings. The summed E-state index contributed by atoms with van der Waals surface area (Å²) in [4.78, 5) is 0. The first-order valence-corrected chi connectivity index (χ1v) is 3.81. The van der Waals surface area contributed by atoms with Crippen molar-refractivity contribution in [3.8, 4) is 0 Å². The van der Waals surface area contributed by atoms with Crippen LogP contribution in [0.1, 0.15) is 17.0 Å². The Kier molecular flexibility index (Phi) is 2.65. The van der Waals surface area contributed by atoms with Crippen LogP contribution in [0.4, 0.5) is 0 Å². The van der Waals surface area contributed by atoms with Crippen molar-refractivity contribution < 1.29 is 0 Å². The molecule has 0 spiro atoms. The maximum absolute atomic E-state index is 4.10. The van der Waals surface area contributed by atoms with Crippen molar-refractivity contribution in [3.63, 3.8) is 0 Å². The third-order valence-corrected chi connectivity index (χ3v) is 1.87. The molecule has 3 heteroatoms. The van der Waals surface area contributed by atoms with Crippen molar-refractivity contribution in [2.45, 2.75) is 20.3 Å². The molecule has 0 saturated carbocycles. The molecule has 0 bridgehead atoms. The molecule has 0 unspecified atom stereocenters. The van der Waals surface area contributed by atoms with Crippen LogP contribution in [0.5, 0.6) is 0 Å². The van der Waals surface area contributed by atoms with Gasteiger partial charge in [0.2, 0.25) is 0 Å². The summed E-state index contributed by atoms with van der Waals surface area (Å²) in [6.45, 7) is 4.96. The van der Waals surface area contributed by atoms with E-state index >= 15 is 0 Å². The van der Waals surface area contributed by atoms with Gasteiger partial charge in [0.05, 0.1) is 5.69 Å². The molecular formula is C8H14N3-. The molecule has 62 valence electrons. The van der Waals surface area contributed by atoms with Crippen molar-refractivity contribution in [1.82, 2.24) is 10.2 Å². The smallest absolute Gasteiger partial charge is 0.0625 e. The quantitative estimate of drug-likeness (QED) is 0.702. The molecule has 3 nitrogen and oxygen atoms in total. The van der Waals surface area contributed by atoms with Crippen LogP contribution < -0.4 is 0 Å². The topological polar surface area (TPSA) is 42.8 Å². The van der Waals surface area contributed by atoms with Crippen molar-refractivity contribution in [3.05, 3.63) is 22.3 Å². The number of hydrogen-bond acceptors (Lipinski definition) is 1. The Morgan fingerprint density at radius 2 is 2.18 bits per heavy atom. The summed E-state index contributed by atoms with van der Waals surface area (Å²) < 4.78 is 0. The molecule has 0 fully saturated rings. The molecule has 0 atom stereocenters. The predicted molar refractivity (Wildman–Crippen MR) is 45.9 cm³/mol. The highest BCUT2D eigenvalue weighted by molar-refractivity contribution is 5.23. The summed E-state index contributed by atoms with van der Waals surface area (Å²) in [5.41, 5.74) is 3.59. The van der Waals surface area contributed by atoms with Gasteiger partial charge in [-0.25, -0.2) is 0 Å². The normalized spacial score (nSPS) is 10.5. The highest BCUT2D eigenvalue weighted by Crippen LogP contribution is 2.09. The fourth-order valence-electron chi connectivity index (χ4n) is 1.17. The summed E-state index contributed by atoms with van der Waals surface area (Å²) in [6, 6.07) is 0. The summed E-state index contributed by atoms with van der Waals surface area (Å²) in [5, 5.41) is 11.1. The van der Waals surface area contributed by atoms with Gasteiger partial charge in [-0.1, -0.05) is 0 Å². The summed E-state index contributed by atoms with van der Waals surface area (Å²) in [6.07, 6.45) is 1.00. The molecule has 1 aromatic rings. The van der Waals surface area contributed by atoms with E-state index < -0.39 is 0 Å². The number of aryl methyl sites for hydroxylation is 2. The molecule has 1 aromatic heterocycles. The highest BCUT2D eigenvalue weighted by Gasteiger charge is 2.02. The minimum absolute atomic E-state index is 0.890. The largest absolute Gasteiger partial charge is 0.665 e. The summed E-state index contributed by atoms with van der Waals surface area (Å²) in [5.74, 6) is 0. The first-order valence-electron chi connectivity index (χ1n) is 3.81. The standard InChI is InChI=1S/C8H14N3/c1-6-8(4-5-9-3)7(2)11-10-6/h4-5H2,1-3H3,(H,10,11)/q-1. The molecule has 1 rings (SSSR count). The van der Waals surface area contributed by atoms with Crippen LogP contribution in [-0.2, 0) is 6.42 Å². The average molecular weight is 152 g/mol. The molecular weight excluding hydrogens is 138 g/mol. The van der Waals surface area contributed by atoms with Gasteiger partial charge in [0.15, 0.2) is 0 Å². The lowest BCUT2D eigenvalue weighted by molar-refractivity contribution is 1.01. The second-order valence-corrected chi connectivity index (χ2v) is 2.70. The second-order valence-electron chi connectivity index (χ2n) is 2.70. The highest BCUT2D eigenvalue weighted by atomic mass is 15.1. The monoisotopic (exact) mass is 152 g/mol. The van der Waals surface area contributed by atoms with Gasteiger partial charge in [-0.3, -0.25) is 5.10 Å². The number of nitrogens with zero attached hydrogens (tertiary/aromatic N) is 2. The van der Waals surface area contributed by atoms with E-state index in [2.05, 4.69) is 15.5 Å². The van der Waals surface area contributed by atoms with Crippen LogP contribution in [0.15, 0.2) is 0 Å². The fourth-order valence-corrected chi connectivity index (χ4v) is 1.17. The second kappa shape index (κ2) is 3.53. The molecule has 0 radical (unpaired) electrons. The van der Waals surface area contributed by atoms with E-state index in [4.69, 9.17) is 0 Å². The first-order chi connectivity index (χ1) is 5.25. The molecule has 0 aromatic carbocycles. The van der Waals surface area contributed by atoms with E-state index in [-0.39, 0.29) is 0 Å². The molecule has 11 heavy (non-hydrogen) atoms. The van der Waals surface area contributed by atoms with Crippen LogP contribution in [0.25, 0.3) is 5.32 Å². The van der Waals surface area contributed by atoms with E-state index in [1.807, 2.05) is 20.9 Å². The maximum atomic E-state index is 4.10. The molecule has 0 aliphatic heterocycles. The summed E-state index contributed by atoms with van der Waals surface area (Å²) in [7, 11) is 1.84. The van der Waals surface area contributed by atoms with E-state index in [1.165, 1.54) is 11.3 Å². The van der Waals surface area contributed by atoms with Gasteiger partial charge in [0, 0.05) is 5.69 Å². The zero-order valence-corrected chi connectivity index (χ0v) is 7.31. The minimum atomic E-state index is 0.890. The van der Waals surface area contributed by atoms with Crippen molar-refractivity contribution in [2.75, 3.05) is 13.6 Å². The van der Waals surface area contributed by atoms with Gasteiger partial charge in [-0.2, -0.15) is 12.1 Å². The number of likely N-dealkylation sites (N-methyl/N-ethyl adjacent to an activating group) is 1. The van der Waals surface area contributed by atoms with E-state index in [0.29, 0.717) is 0 Å². The molecule has 1 heterocycles. The Bertz CT molecular complexity index is 208. The van der Waals surface area contributed by atoms with Gasteiger partial charge in [0.25, 0.3) is 0 Å². The van der Waals surface area contributed by atoms with Gasteiger partial charge in [0.1, 0.15) is 0 Å². The number of aromatic amines is 1. The molecule has 0 saturated heterocycles. The van der Waals surface area contributed by atoms with Gasteiger partial charge < -0.3 is 5.32 Å². The van der Waals surface area contributed by atoms with Crippen LogP contribution in [0, 0.1) is 13.8 Å². The lowest BCUT2D eigenvalue weighted by Gasteiger charge is -2.09. The van der Waals surface area contributed by atoms with Crippen molar-refractivity contribution in [1.29, 1.82) is 0 Å². The number of rotatable bonds is 3. The molecule has 0 amide bonds. The Hall–Kier alpha value is -0.830. The lowest BCUT2D eigenvalue weighted by Crippen LogP contribution is -1.92. The minimum Gasteiger partial charge on any atom is -0.665 e. The third kappa shape index (κ3) is 1.80. The molecule has 1 N–H and O–H groups in total.